The van der Waals surface area contributed by atoms with Crippen LogP contribution in [0.15, 0.2) is 54.6 Å². The molecule has 150 valence electrons. The van der Waals surface area contributed by atoms with Crippen LogP contribution in [-0.4, -0.2) is 43.7 Å². The number of nitrogens with one attached hydrogen (secondary N) is 1. The molecule has 0 saturated heterocycles. The summed E-state index contributed by atoms with van der Waals surface area (Å²) in [7, 11) is 1.41. The Morgan fingerprint density at radius 2 is 1.86 bits per heavy atom. The van der Waals surface area contributed by atoms with Crippen molar-refractivity contribution in [3.05, 3.63) is 71.3 Å². The van der Waals surface area contributed by atoms with E-state index in [1.54, 1.807) is 0 Å². The Kier molecular flexibility index (Phi) is 7.63. The fraction of sp³-hybridized carbons (Fsp3) is 0.458. The topological polar surface area (TPSA) is 41.6 Å². The zero-order chi connectivity index (χ0) is 19.8. The summed E-state index contributed by atoms with van der Waals surface area (Å²) >= 11 is 0. The molecule has 1 N–H and O–H groups in total. The Morgan fingerprint density at radius 3 is 2.54 bits per heavy atom. The molecule has 1 aliphatic carbocycles. The molecule has 0 bridgehead atoms. The summed E-state index contributed by atoms with van der Waals surface area (Å²) in [5, 5.41) is 3.71. The Hall–Kier alpha value is -2.17. The first-order valence-corrected chi connectivity index (χ1v) is 10.4. The lowest BCUT2D eigenvalue weighted by atomic mass is 10.1. The average Bonchev–Trinajstić information content (AvgIpc) is 3.51. The van der Waals surface area contributed by atoms with Gasteiger partial charge in [-0.2, -0.15) is 0 Å². The van der Waals surface area contributed by atoms with Gasteiger partial charge in [0.1, 0.15) is 0 Å². The molecule has 1 saturated carbocycles. The number of carbonyl (C=O) groups is 1. The van der Waals surface area contributed by atoms with Crippen molar-refractivity contribution in [1.82, 2.24) is 10.2 Å². The SMILES string of the molecule is CCCN(CCCNC1CC1c1ccccc1)Cc1ccc(C(=O)OC)cc1. The van der Waals surface area contributed by atoms with E-state index in [1.807, 2.05) is 24.3 Å². The highest BCUT2D eigenvalue weighted by Crippen LogP contribution is 2.40. The maximum atomic E-state index is 11.6. The van der Waals surface area contributed by atoms with Crippen molar-refractivity contribution in [3.8, 4) is 0 Å². The summed E-state index contributed by atoms with van der Waals surface area (Å²) < 4.78 is 4.77. The molecule has 2 aromatic rings. The second-order valence-corrected chi connectivity index (χ2v) is 7.63. The average molecular weight is 381 g/mol. The quantitative estimate of drug-likeness (QED) is 0.468. The summed E-state index contributed by atoms with van der Waals surface area (Å²) in [6.45, 7) is 6.39. The molecule has 28 heavy (non-hydrogen) atoms. The molecule has 0 aromatic heterocycles. The van der Waals surface area contributed by atoms with Gasteiger partial charge < -0.3 is 10.1 Å². The Bertz CT molecular complexity index is 730. The van der Waals surface area contributed by atoms with Crippen LogP contribution >= 0.6 is 0 Å². The van der Waals surface area contributed by atoms with Crippen molar-refractivity contribution >= 4 is 5.97 Å². The van der Waals surface area contributed by atoms with E-state index in [1.165, 1.54) is 24.7 Å². The molecule has 1 fully saturated rings. The zero-order valence-corrected chi connectivity index (χ0v) is 17.1. The van der Waals surface area contributed by atoms with Crippen LogP contribution < -0.4 is 5.32 Å². The predicted octanol–water partition coefficient (Wildman–Crippen LogP) is 4.22. The molecule has 3 rings (SSSR count). The van der Waals surface area contributed by atoms with E-state index >= 15 is 0 Å². The van der Waals surface area contributed by atoms with Gasteiger partial charge in [0, 0.05) is 18.5 Å². The molecule has 0 radical (unpaired) electrons. The number of nitrogens with zero attached hydrogens (tertiary/aromatic N) is 1. The third kappa shape index (κ3) is 5.91. The van der Waals surface area contributed by atoms with Crippen molar-refractivity contribution in [2.24, 2.45) is 0 Å². The van der Waals surface area contributed by atoms with Gasteiger partial charge in [0.2, 0.25) is 0 Å². The number of ether oxygens (including phenoxy) is 1. The maximum absolute atomic E-state index is 11.6. The Morgan fingerprint density at radius 1 is 1.11 bits per heavy atom. The van der Waals surface area contributed by atoms with E-state index < -0.39 is 0 Å². The largest absolute Gasteiger partial charge is 0.465 e. The van der Waals surface area contributed by atoms with E-state index in [0.29, 0.717) is 17.5 Å². The fourth-order valence-corrected chi connectivity index (χ4v) is 3.79. The van der Waals surface area contributed by atoms with Gasteiger partial charge in [-0.05, 0) is 62.2 Å². The molecule has 2 unspecified atom stereocenters. The van der Waals surface area contributed by atoms with Gasteiger partial charge in [-0.1, -0.05) is 49.4 Å². The van der Waals surface area contributed by atoms with Gasteiger partial charge in [0.25, 0.3) is 0 Å². The Balaban J connectivity index is 1.39. The van der Waals surface area contributed by atoms with Gasteiger partial charge in [-0.3, -0.25) is 4.90 Å². The highest BCUT2D eigenvalue weighted by atomic mass is 16.5. The molecule has 0 aliphatic heterocycles. The van der Waals surface area contributed by atoms with E-state index in [-0.39, 0.29) is 5.97 Å². The van der Waals surface area contributed by atoms with Crippen molar-refractivity contribution in [2.75, 3.05) is 26.7 Å². The molecule has 0 spiro atoms. The fourth-order valence-electron chi connectivity index (χ4n) is 3.79. The van der Waals surface area contributed by atoms with Crippen LogP contribution in [0.25, 0.3) is 0 Å². The van der Waals surface area contributed by atoms with E-state index in [4.69, 9.17) is 4.74 Å². The number of hydrogen-bond acceptors (Lipinski definition) is 4. The lowest BCUT2D eigenvalue weighted by Crippen LogP contribution is -2.29. The van der Waals surface area contributed by atoms with Crippen molar-refractivity contribution in [1.29, 1.82) is 0 Å². The van der Waals surface area contributed by atoms with E-state index in [9.17, 15) is 4.79 Å². The lowest BCUT2D eigenvalue weighted by Gasteiger charge is -2.22. The molecule has 0 heterocycles. The van der Waals surface area contributed by atoms with Crippen LogP contribution in [-0.2, 0) is 11.3 Å². The first-order valence-electron chi connectivity index (χ1n) is 10.4. The molecule has 4 heteroatoms. The van der Waals surface area contributed by atoms with Crippen LogP contribution in [0.5, 0.6) is 0 Å². The summed E-state index contributed by atoms with van der Waals surface area (Å²) in [4.78, 5) is 14.1. The highest BCUT2D eigenvalue weighted by Gasteiger charge is 2.37. The summed E-state index contributed by atoms with van der Waals surface area (Å²) in [5.41, 5.74) is 3.30. The first kappa shape index (κ1) is 20.6. The molecular formula is C24H32N2O2. The number of methoxy groups -OCH3 is 1. The van der Waals surface area contributed by atoms with Gasteiger partial charge in [0.05, 0.1) is 12.7 Å². The van der Waals surface area contributed by atoms with Gasteiger partial charge in [-0.15, -0.1) is 0 Å². The number of carbonyl (C=O) groups excluding carboxylic acids is 1. The monoisotopic (exact) mass is 380 g/mol. The summed E-state index contributed by atoms with van der Waals surface area (Å²) in [6, 6.07) is 19.2. The molecule has 2 aromatic carbocycles. The second-order valence-electron chi connectivity index (χ2n) is 7.63. The molecule has 0 amide bonds. The minimum absolute atomic E-state index is 0.281. The normalized spacial score (nSPS) is 18.2. The maximum Gasteiger partial charge on any atom is 0.337 e. The molecule has 1 aliphatic rings. The van der Waals surface area contributed by atoms with Crippen molar-refractivity contribution < 1.29 is 9.53 Å². The minimum Gasteiger partial charge on any atom is -0.465 e. The molecule has 4 nitrogen and oxygen atoms in total. The van der Waals surface area contributed by atoms with Crippen LogP contribution in [0.2, 0.25) is 0 Å². The predicted molar refractivity (Wildman–Crippen MR) is 114 cm³/mol. The first-order chi connectivity index (χ1) is 13.7. The lowest BCUT2D eigenvalue weighted by molar-refractivity contribution is 0.0600. The highest BCUT2D eigenvalue weighted by molar-refractivity contribution is 5.89. The third-order valence-electron chi connectivity index (χ3n) is 5.40. The summed E-state index contributed by atoms with van der Waals surface area (Å²) in [5.74, 6) is 0.415. The summed E-state index contributed by atoms with van der Waals surface area (Å²) in [6.07, 6.45) is 3.56. The number of esters is 1. The smallest absolute Gasteiger partial charge is 0.337 e. The second kappa shape index (κ2) is 10.4. The Labute approximate surface area is 168 Å². The van der Waals surface area contributed by atoms with E-state index in [0.717, 1.165) is 39.0 Å². The number of hydrogen-bond donors (Lipinski definition) is 1. The van der Waals surface area contributed by atoms with E-state index in [2.05, 4.69) is 47.5 Å². The minimum atomic E-state index is -0.281. The third-order valence-corrected chi connectivity index (χ3v) is 5.40. The van der Waals surface area contributed by atoms with Crippen LogP contribution in [0.3, 0.4) is 0 Å². The van der Waals surface area contributed by atoms with Crippen molar-refractivity contribution in [3.63, 3.8) is 0 Å². The molecular weight excluding hydrogens is 348 g/mol. The number of rotatable bonds is 11. The van der Waals surface area contributed by atoms with Gasteiger partial charge >= 0.3 is 5.97 Å². The van der Waals surface area contributed by atoms with Gasteiger partial charge in [0.15, 0.2) is 0 Å². The zero-order valence-electron chi connectivity index (χ0n) is 17.1. The van der Waals surface area contributed by atoms with Crippen LogP contribution in [0.1, 0.15) is 53.6 Å². The van der Waals surface area contributed by atoms with Gasteiger partial charge in [-0.25, -0.2) is 4.79 Å². The van der Waals surface area contributed by atoms with Crippen molar-refractivity contribution in [2.45, 2.75) is 44.7 Å². The van der Waals surface area contributed by atoms with Crippen LogP contribution in [0, 0.1) is 0 Å². The standard InChI is InChI=1S/C24H32N2O2/c1-3-15-26(18-19-10-12-21(13-11-19)24(27)28-2)16-7-14-25-23-17-22(23)20-8-5-4-6-9-20/h4-6,8-13,22-23,25H,3,7,14-18H2,1-2H3. The molecule has 2 atom stereocenters. The van der Waals surface area contributed by atoms with Crippen LogP contribution in [0.4, 0.5) is 0 Å². The number of benzene rings is 2.